The summed E-state index contributed by atoms with van der Waals surface area (Å²) in [4.78, 5) is 7.04. The number of aromatic nitrogens is 2. The average molecular weight is 786 g/mol. The number of fused-ring (bicyclic) bond motifs is 9. The SMILES string of the molecule is CC1CC(N(c2ccc(-c3cccc4c3oc3ncccc34)cc2)c2cccc3c2-c2ccccc2C3(C)C)=CC=C1c1cccc2c1c1ccccc1n2-c1ccccc1. The first-order chi connectivity index (χ1) is 30.0. The normalized spacial score (nSPS) is 15.6. The van der Waals surface area contributed by atoms with Crippen LogP contribution in [0.15, 0.2) is 198 Å². The quantitative estimate of drug-likeness (QED) is 0.168. The summed E-state index contributed by atoms with van der Waals surface area (Å²) in [5, 5.41) is 4.69. The zero-order chi connectivity index (χ0) is 40.8. The lowest BCUT2D eigenvalue weighted by Crippen LogP contribution is -2.22. The van der Waals surface area contributed by atoms with Crippen molar-refractivity contribution in [2.75, 3.05) is 4.90 Å². The largest absolute Gasteiger partial charge is 0.437 e. The maximum Gasteiger partial charge on any atom is 0.227 e. The summed E-state index contributed by atoms with van der Waals surface area (Å²) in [6.07, 6.45) is 7.44. The van der Waals surface area contributed by atoms with Crippen molar-refractivity contribution in [3.8, 4) is 27.9 Å². The Labute approximate surface area is 355 Å². The van der Waals surface area contributed by atoms with Crippen molar-refractivity contribution in [2.24, 2.45) is 5.92 Å². The number of hydrogen-bond acceptors (Lipinski definition) is 3. The molecule has 3 heterocycles. The molecule has 292 valence electrons. The monoisotopic (exact) mass is 785 g/mol. The Morgan fingerprint density at radius 1 is 0.607 bits per heavy atom. The Bertz CT molecular complexity index is 3440. The second kappa shape index (κ2) is 13.6. The van der Waals surface area contributed by atoms with Crippen molar-refractivity contribution in [1.29, 1.82) is 0 Å². The molecule has 0 radical (unpaired) electrons. The minimum atomic E-state index is -0.115. The predicted octanol–water partition coefficient (Wildman–Crippen LogP) is 15.2. The first-order valence-corrected chi connectivity index (χ1v) is 21.3. The molecule has 2 aliphatic carbocycles. The van der Waals surface area contributed by atoms with Gasteiger partial charge in [0.25, 0.3) is 0 Å². The van der Waals surface area contributed by atoms with E-state index in [1.807, 2.05) is 6.07 Å². The van der Waals surface area contributed by atoms with Gasteiger partial charge in [-0.2, -0.15) is 0 Å². The van der Waals surface area contributed by atoms with Gasteiger partial charge in [-0.25, -0.2) is 4.98 Å². The third kappa shape index (κ3) is 5.35. The number of benzene rings is 7. The molecule has 2 aliphatic rings. The summed E-state index contributed by atoms with van der Waals surface area (Å²) in [7, 11) is 0. The molecule has 0 saturated carbocycles. The fraction of sp³-hybridized carbons (Fsp3) is 0.105. The number of pyridine rings is 1. The molecule has 12 rings (SSSR count). The molecule has 3 aromatic heterocycles. The fourth-order valence-corrected chi connectivity index (χ4v) is 10.5. The third-order valence-corrected chi connectivity index (χ3v) is 13.3. The minimum absolute atomic E-state index is 0.115. The summed E-state index contributed by atoms with van der Waals surface area (Å²) in [5.74, 6) is 0.256. The van der Waals surface area contributed by atoms with Gasteiger partial charge >= 0.3 is 0 Å². The highest BCUT2D eigenvalue weighted by Crippen LogP contribution is 2.54. The molecule has 0 bridgehead atoms. The van der Waals surface area contributed by atoms with E-state index < -0.39 is 0 Å². The predicted molar refractivity (Wildman–Crippen MR) is 254 cm³/mol. The minimum Gasteiger partial charge on any atom is -0.437 e. The Hall–Kier alpha value is -7.43. The molecule has 4 heteroatoms. The second-order valence-electron chi connectivity index (χ2n) is 17.2. The van der Waals surface area contributed by atoms with Crippen LogP contribution in [0.2, 0.25) is 0 Å². The number of hydrogen-bond donors (Lipinski definition) is 0. The van der Waals surface area contributed by atoms with Crippen LogP contribution in [0.25, 0.3) is 77.4 Å². The molecule has 61 heavy (non-hydrogen) atoms. The van der Waals surface area contributed by atoms with Gasteiger partial charge in [-0.3, -0.25) is 0 Å². The van der Waals surface area contributed by atoms with E-state index in [-0.39, 0.29) is 11.3 Å². The Balaban J connectivity index is 1.03. The molecule has 0 spiro atoms. The van der Waals surface area contributed by atoms with Gasteiger partial charge in [0.2, 0.25) is 5.71 Å². The van der Waals surface area contributed by atoms with E-state index in [2.05, 4.69) is 211 Å². The Kier molecular flexibility index (Phi) is 7.89. The van der Waals surface area contributed by atoms with Crippen molar-refractivity contribution in [2.45, 2.75) is 32.6 Å². The first-order valence-electron chi connectivity index (χ1n) is 21.3. The number of para-hydroxylation sites is 3. The van der Waals surface area contributed by atoms with Gasteiger partial charge in [-0.05, 0) is 106 Å². The molecule has 4 nitrogen and oxygen atoms in total. The standard InChI is InChI=1S/C57H43N3O/c1-36-35-40(32-33-41(36)43-20-12-26-51-53(43)47-18-8-10-25-50(47)60(51)38-15-5-4-6-16-38)59(52-27-13-24-49-54(52)46-17-7-9-23-48(46)57(49,2)3)39-30-28-37(29-31-39)42-19-11-21-44-45-22-14-34-58-56(45)61-55(42)44/h4-34,36H,35H2,1-3H3. The third-order valence-electron chi connectivity index (χ3n) is 13.3. The maximum atomic E-state index is 6.38. The highest BCUT2D eigenvalue weighted by atomic mass is 16.3. The lowest BCUT2D eigenvalue weighted by Gasteiger charge is -2.34. The topological polar surface area (TPSA) is 34.2 Å². The van der Waals surface area contributed by atoms with Crippen LogP contribution >= 0.6 is 0 Å². The van der Waals surface area contributed by atoms with Crippen LogP contribution in [0, 0.1) is 5.92 Å². The molecule has 0 aliphatic heterocycles. The van der Waals surface area contributed by atoms with Gasteiger partial charge in [-0.1, -0.05) is 142 Å². The molecule has 1 atom stereocenters. The first kappa shape index (κ1) is 35.5. The molecule has 0 amide bonds. The lowest BCUT2D eigenvalue weighted by molar-refractivity contribution is 0.655. The van der Waals surface area contributed by atoms with Crippen molar-refractivity contribution in [3.05, 3.63) is 211 Å². The highest BCUT2D eigenvalue weighted by molar-refractivity contribution is 6.14. The van der Waals surface area contributed by atoms with Gasteiger partial charge < -0.3 is 13.9 Å². The van der Waals surface area contributed by atoms with Gasteiger partial charge in [0.1, 0.15) is 5.58 Å². The number of nitrogens with zero attached hydrogens (tertiary/aromatic N) is 3. The molecule has 7 aromatic carbocycles. The van der Waals surface area contributed by atoms with E-state index in [1.165, 1.54) is 72.3 Å². The van der Waals surface area contributed by atoms with E-state index in [0.717, 1.165) is 39.6 Å². The van der Waals surface area contributed by atoms with Crippen molar-refractivity contribution in [1.82, 2.24) is 9.55 Å². The van der Waals surface area contributed by atoms with Gasteiger partial charge in [0, 0.05) is 61.4 Å². The maximum absolute atomic E-state index is 6.38. The fourth-order valence-electron chi connectivity index (χ4n) is 10.5. The number of furan rings is 1. The molecule has 1 unspecified atom stereocenters. The zero-order valence-corrected chi connectivity index (χ0v) is 34.4. The summed E-state index contributed by atoms with van der Waals surface area (Å²) < 4.78 is 8.79. The Morgan fingerprint density at radius 2 is 1.30 bits per heavy atom. The van der Waals surface area contributed by atoms with Crippen LogP contribution in [-0.4, -0.2) is 9.55 Å². The van der Waals surface area contributed by atoms with Crippen molar-refractivity contribution < 1.29 is 4.42 Å². The molecule has 0 N–H and O–H groups in total. The van der Waals surface area contributed by atoms with Crippen molar-refractivity contribution >= 4 is 60.8 Å². The summed E-state index contributed by atoms with van der Waals surface area (Å²) >= 11 is 0. The second-order valence-corrected chi connectivity index (χ2v) is 17.2. The van der Waals surface area contributed by atoms with E-state index in [9.17, 15) is 0 Å². The van der Waals surface area contributed by atoms with Gasteiger partial charge in [0.15, 0.2) is 0 Å². The van der Waals surface area contributed by atoms with Crippen LogP contribution in [0.3, 0.4) is 0 Å². The smallest absolute Gasteiger partial charge is 0.227 e. The summed E-state index contributed by atoms with van der Waals surface area (Å²) in [6.45, 7) is 7.12. The van der Waals surface area contributed by atoms with Crippen LogP contribution in [0.4, 0.5) is 11.4 Å². The van der Waals surface area contributed by atoms with E-state index in [1.54, 1.807) is 6.20 Å². The lowest BCUT2D eigenvalue weighted by atomic mass is 9.82. The summed E-state index contributed by atoms with van der Waals surface area (Å²) in [5.41, 5.74) is 18.8. The number of rotatable bonds is 6. The molecule has 0 fully saturated rings. The van der Waals surface area contributed by atoms with Crippen LogP contribution in [0.5, 0.6) is 0 Å². The molecular weight excluding hydrogens is 743 g/mol. The van der Waals surface area contributed by atoms with Crippen molar-refractivity contribution in [3.63, 3.8) is 0 Å². The highest BCUT2D eigenvalue weighted by Gasteiger charge is 2.38. The van der Waals surface area contributed by atoms with Gasteiger partial charge in [0.05, 0.1) is 16.7 Å². The molecule has 10 aromatic rings. The average Bonchev–Trinajstić information content (AvgIpc) is 3.93. The Morgan fingerprint density at radius 3 is 2.16 bits per heavy atom. The van der Waals surface area contributed by atoms with E-state index >= 15 is 0 Å². The van der Waals surface area contributed by atoms with E-state index in [0.29, 0.717) is 5.71 Å². The zero-order valence-electron chi connectivity index (χ0n) is 34.4. The van der Waals surface area contributed by atoms with Crippen LogP contribution in [0.1, 0.15) is 43.9 Å². The molecular formula is C57H43N3O. The van der Waals surface area contributed by atoms with Crippen LogP contribution in [-0.2, 0) is 5.41 Å². The molecule has 0 saturated heterocycles. The van der Waals surface area contributed by atoms with Crippen LogP contribution < -0.4 is 4.90 Å². The number of allylic oxidation sites excluding steroid dienone is 4. The number of anilines is 2. The van der Waals surface area contributed by atoms with Gasteiger partial charge in [-0.15, -0.1) is 0 Å². The van der Waals surface area contributed by atoms with E-state index in [4.69, 9.17) is 4.42 Å². The summed E-state index contributed by atoms with van der Waals surface area (Å²) in [6, 6.07) is 61.8.